The van der Waals surface area contributed by atoms with E-state index in [1.54, 1.807) is 6.07 Å². The van der Waals surface area contributed by atoms with E-state index in [0.717, 1.165) is 41.6 Å². The SMILES string of the molecule is CCCCOc1cccc(C(=O)N2CCC(Oc3nc4ccc(F)cc4s3)CC2)c1. The van der Waals surface area contributed by atoms with E-state index in [4.69, 9.17) is 9.47 Å². The first kappa shape index (κ1) is 20.6. The molecule has 0 bridgehead atoms. The summed E-state index contributed by atoms with van der Waals surface area (Å²) in [6.45, 7) is 4.04. The van der Waals surface area contributed by atoms with Gasteiger partial charge < -0.3 is 14.4 Å². The van der Waals surface area contributed by atoms with Gasteiger partial charge in [0.1, 0.15) is 17.7 Å². The van der Waals surface area contributed by atoms with E-state index < -0.39 is 0 Å². The van der Waals surface area contributed by atoms with Crippen LogP contribution in [0.25, 0.3) is 10.2 Å². The third kappa shape index (κ3) is 4.90. The number of benzene rings is 2. The Morgan fingerprint density at radius 2 is 2.07 bits per heavy atom. The van der Waals surface area contributed by atoms with Crippen LogP contribution in [0, 0.1) is 5.82 Å². The summed E-state index contributed by atoms with van der Waals surface area (Å²) in [5.74, 6) is 0.481. The molecule has 0 unspecified atom stereocenters. The quantitative estimate of drug-likeness (QED) is 0.479. The van der Waals surface area contributed by atoms with E-state index in [2.05, 4.69) is 11.9 Å². The van der Waals surface area contributed by atoms with Crippen LogP contribution in [0.5, 0.6) is 10.9 Å². The van der Waals surface area contributed by atoms with Crippen LogP contribution in [0.2, 0.25) is 0 Å². The smallest absolute Gasteiger partial charge is 0.274 e. The average molecular weight is 429 g/mol. The minimum atomic E-state index is -0.274. The van der Waals surface area contributed by atoms with Gasteiger partial charge in [0.25, 0.3) is 11.1 Å². The highest BCUT2D eigenvalue weighted by Crippen LogP contribution is 2.30. The van der Waals surface area contributed by atoms with Crippen LogP contribution in [-0.2, 0) is 0 Å². The van der Waals surface area contributed by atoms with Gasteiger partial charge in [0, 0.05) is 31.5 Å². The van der Waals surface area contributed by atoms with Gasteiger partial charge >= 0.3 is 0 Å². The second kappa shape index (κ2) is 9.43. The summed E-state index contributed by atoms with van der Waals surface area (Å²) in [7, 11) is 0. The lowest BCUT2D eigenvalue weighted by Crippen LogP contribution is -2.41. The van der Waals surface area contributed by atoms with E-state index >= 15 is 0 Å². The third-order valence-corrected chi connectivity index (χ3v) is 6.08. The van der Waals surface area contributed by atoms with Gasteiger partial charge in [-0.2, -0.15) is 0 Å². The lowest BCUT2D eigenvalue weighted by molar-refractivity contribution is 0.0595. The first-order chi connectivity index (χ1) is 14.6. The fourth-order valence-corrected chi connectivity index (χ4v) is 4.39. The number of unbranched alkanes of at least 4 members (excludes halogenated alkanes) is 1. The number of likely N-dealkylation sites (tertiary alicyclic amines) is 1. The van der Waals surface area contributed by atoms with E-state index in [1.165, 1.54) is 23.5 Å². The Morgan fingerprint density at radius 3 is 2.87 bits per heavy atom. The van der Waals surface area contributed by atoms with E-state index in [9.17, 15) is 9.18 Å². The van der Waals surface area contributed by atoms with Crippen molar-refractivity contribution in [2.75, 3.05) is 19.7 Å². The summed E-state index contributed by atoms with van der Waals surface area (Å²) in [6.07, 6.45) is 3.55. The Balaban J connectivity index is 1.32. The van der Waals surface area contributed by atoms with Gasteiger partial charge in [0.2, 0.25) is 0 Å². The molecule has 30 heavy (non-hydrogen) atoms. The number of thiazole rings is 1. The van der Waals surface area contributed by atoms with Crippen molar-refractivity contribution in [3.05, 3.63) is 53.8 Å². The van der Waals surface area contributed by atoms with Crippen molar-refractivity contribution in [2.45, 2.75) is 38.7 Å². The maximum atomic E-state index is 13.4. The van der Waals surface area contributed by atoms with E-state index in [-0.39, 0.29) is 17.8 Å². The van der Waals surface area contributed by atoms with Crippen molar-refractivity contribution in [3.8, 4) is 10.9 Å². The molecule has 0 N–H and O–H groups in total. The normalized spacial score (nSPS) is 14.8. The number of nitrogens with zero attached hydrogens (tertiary/aromatic N) is 2. The molecule has 0 spiro atoms. The van der Waals surface area contributed by atoms with Crippen LogP contribution >= 0.6 is 11.3 Å². The summed E-state index contributed by atoms with van der Waals surface area (Å²) in [6, 6.07) is 11.9. The zero-order valence-electron chi connectivity index (χ0n) is 17.0. The van der Waals surface area contributed by atoms with Crippen LogP contribution in [0.3, 0.4) is 0 Å². The lowest BCUT2D eigenvalue weighted by atomic mass is 10.1. The Labute approximate surface area is 179 Å². The number of rotatable bonds is 7. The van der Waals surface area contributed by atoms with Crippen LogP contribution in [-0.4, -0.2) is 41.6 Å². The largest absolute Gasteiger partial charge is 0.494 e. The van der Waals surface area contributed by atoms with E-state index in [0.29, 0.717) is 30.5 Å². The summed E-state index contributed by atoms with van der Waals surface area (Å²) >= 11 is 1.35. The molecule has 1 fully saturated rings. The molecule has 3 aromatic rings. The molecule has 158 valence electrons. The minimum absolute atomic E-state index is 0.00294. The molecule has 2 aromatic carbocycles. The molecule has 1 aliphatic rings. The molecular weight excluding hydrogens is 403 g/mol. The third-order valence-electron chi connectivity index (χ3n) is 5.18. The highest BCUT2D eigenvalue weighted by Gasteiger charge is 2.25. The van der Waals surface area contributed by atoms with Gasteiger partial charge in [-0.05, 0) is 42.8 Å². The predicted molar refractivity (Wildman–Crippen MR) is 116 cm³/mol. The number of carbonyl (C=O) groups excluding carboxylic acids is 1. The van der Waals surface area contributed by atoms with Crippen molar-refractivity contribution in [1.29, 1.82) is 0 Å². The van der Waals surface area contributed by atoms with Crippen LogP contribution < -0.4 is 9.47 Å². The monoisotopic (exact) mass is 428 g/mol. The Bertz CT molecular complexity index is 1010. The molecule has 4 rings (SSSR count). The van der Waals surface area contributed by atoms with Crippen LogP contribution in [0.4, 0.5) is 4.39 Å². The molecule has 7 heteroatoms. The highest BCUT2D eigenvalue weighted by molar-refractivity contribution is 7.20. The van der Waals surface area contributed by atoms with Gasteiger partial charge in [-0.1, -0.05) is 30.7 Å². The molecule has 1 saturated heterocycles. The van der Waals surface area contributed by atoms with Gasteiger partial charge in [-0.25, -0.2) is 9.37 Å². The molecule has 1 aliphatic heterocycles. The molecule has 0 saturated carbocycles. The summed E-state index contributed by atoms with van der Waals surface area (Å²) < 4.78 is 25.9. The van der Waals surface area contributed by atoms with Crippen molar-refractivity contribution in [3.63, 3.8) is 0 Å². The molecule has 0 atom stereocenters. The summed E-state index contributed by atoms with van der Waals surface area (Å²) in [5, 5.41) is 0.553. The van der Waals surface area contributed by atoms with Gasteiger partial charge in [-0.3, -0.25) is 4.79 Å². The number of fused-ring (bicyclic) bond motifs is 1. The number of halogens is 1. The highest BCUT2D eigenvalue weighted by atomic mass is 32.1. The number of aromatic nitrogens is 1. The standard InChI is InChI=1S/C23H25FN2O3S/c1-2-3-13-28-19-6-4-5-16(14-19)22(27)26-11-9-18(10-12-26)29-23-25-20-8-7-17(24)15-21(20)30-23/h4-8,14-15,18H,2-3,9-13H2,1H3. The summed E-state index contributed by atoms with van der Waals surface area (Å²) in [5.41, 5.74) is 1.39. The van der Waals surface area contributed by atoms with E-state index in [1.807, 2.05) is 29.2 Å². The van der Waals surface area contributed by atoms with Crippen molar-refractivity contribution >= 4 is 27.5 Å². The predicted octanol–water partition coefficient (Wildman–Crippen LogP) is 5.30. The number of hydrogen-bond donors (Lipinski definition) is 0. The summed E-state index contributed by atoms with van der Waals surface area (Å²) in [4.78, 5) is 19.2. The zero-order valence-corrected chi connectivity index (χ0v) is 17.8. The van der Waals surface area contributed by atoms with Crippen LogP contribution in [0.15, 0.2) is 42.5 Å². The number of piperidine rings is 1. The molecule has 5 nitrogen and oxygen atoms in total. The van der Waals surface area contributed by atoms with Gasteiger partial charge in [-0.15, -0.1) is 0 Å². The van der Waals surface area contributed by atoms with Crippen molar-refractivity contribution in [1.82, 2.24) is 9.88 Å². The van der Waals surface area contributed by atoms with Gasteiger partial charge in [0.05, 0.1) is 16.8 Å². The number of amides is 1. The molecule has 0 aliphatic carbocycles. The minimum Gasteiger partial charge on any atom is -0.494 e. The maximum Gasteiger partial charge on any atom is 0.274 e. The Hall–Kier alpha value is -2.67. The zero-order chi connectivity index (χ0) is 20.9. The van der Waals surface area contributed by atoms with Crippen molar-refractivity contribution < 1.29 is 18.7 Å². The molecular formula is C23H25FN2O3S. The first-order valence-electron chi connectivity index (χ1n) is 10.4. The Kier molecular flexibility index (Phi) is 6.47. The van der Waals surface area contributed by atoms with Crippen LogP contribution in [0.1, 0.15) is 43.0 Å². The molecule has 0 radical (unpaired) electrons. The molecule has 1 aromatic heterocycles. The number of ether oxygens (including phenoxy) is 2. The van der Waals surface area contributed by atoms with Gasteiger partial charge in [0.15, 0.2) is 0 Å². The maximum absolute atomic E-state index is 13.4. The van der Waals surface area contributed by atoms with Crippen molar-refractivity contribution in [2.24, 2.45) is 0 Å². The average Bonchev–Trinajstić information content (AvgIpc) is 3.15. The second-order valence-corrected chi connectivity index (χ2v) is 8.42. The fourth-order valence-electron chi connectivity index (χ4n) is 3.48. The molecule has 2 heterocycles. The lowest BCUT2D eigenvalue weighted by Gasteiger charge is -2.31. The topological polar surface area (TPSA) is 51.7 Å². The number of carbonyl (C=O) groups is 1. The first-order valence-corrected chi connectivity index (χ1v) is 11.2. The molecule has 1 amide bonds. The number of hydrogen-bond acceptors (Lipinski definition) is 5. The Morgan fingerprint density at radius 1 is 1.23 bits per heavy atom. The fraction of sp³-hybridized carbons (Fsp3) is 0.391. The second-order valence-electron chi connectivity index (χ2n) is 7.43.